The van der Waals surface area contributed by atoms with E-state index in [2.05, 4.69) is 25.8 Å². The zero-order valence-electron chi connectivity index (χ0n) is 27.7. The lowest BCUT2D eigenvalue weighted by atomic mass is 9.74. The Kier molecular flexibility index (Phi) is 14.5. The molecule has 3 aromatic rings. The molecule has 6 nitrogen and oxygen atoms in total. The molecule has 46 heavy (non-hydrogen) atoms. The van der Waals surface area contributed by atoms with Crippen molar-refractivity contribution in [2.75, 3.05) is 13.2 Å². The first-order chi connectivity index (χ1) is 21.8. The highest BCUT2D eigenvalue weighted by atomic mass is 32.2. The van der Waals surface area contributed by atoms with Gasteiger partial charge in [0.15, 0.2) is 0 Å². The lowest BCUT2D eigenvalue weighted by Gasteiger charge is -2.32. The molecular weight excluding hydrogens is 615 g/mol. The maximum Gasteiger partial charge on any atom is 0.446 e. The smallest absolute Gasteiger partial charge is 0.446 e. The predicted octanol–water partition coefficient (Wildman–Crippen LogP) is 10.6. The predicted molar refractivity (Wildman–Crippen MR) is 178 cm³/mol. The van der Waals surface area contributed by atoms with Gasteiger partial charge in [-0.2, -0.15) is 18.2 Å². The third-order valence-electron chi connectivity index (χ3n) is 8.66. The molecule has 3 rings (SSSR count). The lowest BCUT2D eigenvalue weighted by Crippen LogP contribution is -2.35. The van der Waals surface area contributed by atoms with Gasteiger partial charge < -0.3 is 13.9 Å². The Morgan fingerprint density at radius 1 is 0.848 bits per heavy atom. The third-order valence-corrected chi connectivity index (χ3v) is 9.40. The first kappa shape index (κ1) is 37.4. The van der Waals surface area contributed by atoms with Crippen LogP contribution in [0.25, 0.3) is 22.2 Å². The summed E-state index contributed by atoms with van der Waals surface area (Å²) in [4.78, 5) is 29.4. The fraction of sp³-hybridized carbons (Fsp3) is 0.583. The van der Waals surface area contributed by atoms with Crippen LogP contribution in [0.1, 0.15) is 98.8 Å². The molecule has 0 saturated carbocycles. The van der Waals surface area contributed by atoms with Crippen molar-refractivity contribution in [3.8, 4) is 17.0 Å². The van der Waals surface area contributed by atoms with Crippen molar-refractivity contribution < 1.29 is 31.9 Å². The van der Waals surface area contributed by atoms with E-state index in [-0.39, 0.29) is 39.8 Å². The van der Waals surface area contributed by atoms with E-state index in [0.717, 1.165) is 38.5 Å². The number of ether oxygens (including phenoxy) is 2. The van der Waals surface area contributed by atoms with Gasteiger partial charge in [0.25, 0.3) is 0 Å². The van der Waals surface area contributed by atoms with Gasteiger partial charge in [0.2, 0.25) is 11.6 Å². The van der Waals surface area contributed by atoms with E-state index in [1.54, 1.807) is 18.2 Å². The molecule has 0 amide bonds. The van der Waals surface area contributed by atoms with Gasteiger partial charge in [-0.05, 0) is 80.1 Å². The van der Waals surface area contributed by atoms with E-state index < -0.39 is 16.5 Å². The first-order valence-corrected chi connectivity index (χ1v) is 17.2. The van der Waals surface area contributed by atoms with Gasteiger partial charge in [-0.15, -0.1) is 0 Å². The van der Waals surface area contributed by atoms with Gasteiger partial charge in [0.1, 0.15) is 0 Å². The fourth-order valence-corrected chi connectivity index (χ4v) is 5.81. The Hall–Kier alpha value is -3.01. The molecule has 0 radical (unpaired) electrons. The monoisotopic (exact) mass is 663 g/mol. The molecule has 0 aliphatic heterocycles. The Morgan fingerprint density at radius 2 is 1.41 bits per heavy atom. The summed E-state index contributed by atoms with van der Waals surface area (Å²) in [5, 5.41) is 0.593. The minimum Gasteiger partial charge on any atom is -0.478 e. The highest BCUT2D eigenvalue weighted by molar-refractivity contribution is 8.00. The van der Waals surface area contributed by atoms with E-state index in [1.807, 2.05) is 13.8 Å². The van der Waals surface area contributed by atoms with Gasteiger partial charge in [-0.3, -0.25) is 4.79 Å². The second-order valence-electron chi connectivity index (χ2n) is 12.8. The molecule has 0 aliphatic rings. The largest absolute Gasteiger partial charge is 0.478 e. The molecule has 0 bridgehead atoms. The molecular formula is C36H48F3NO5S. The number of nitrogens with zero attached hydrogens (tertiary/aromatic N) is 1. The summed E-state index contributed by atoms with van der Waals surface area (Å²) >= 11 is -0.204. The fourth-order valence-electron chi connectivity index (χ4n) is 5.27. The highest BCUT2D eigenvalue weighted by Gasteiger charge is 2.36. The Labute approximate surface area is 274 Å². The molecule has 0 saturated heterocycles. The minimum atomic E-state index is -4.37. The van der Waals surface area contributed by atoms with Crippen LogP contribution in [0.15, 0.2) is 56.6 Å². The van der Waals surface area contributed by atoms with Crippen LogP contribution in [-0.2, 0) is 9.53 Å². The summed E-state index contributed by atoms with van der Waals surface area (Å²) in [6, 6.07) is 10.7. The van der Waals surface area contributed by atoms with Crippen LogP contribution in [0.5, 0.6) is 5.88 Å². The zero-order chi connectivity index (χ0) is 33.7. The zero-order valence-corrected chi connectivity index (χ0v) is 28.5. The quantitative estimate of drug-likeness (QED) is 0.0717. The van der Waals surface area contributed by atoms with Gasteiger partial charge in [0, 0.05) is 16.3 Å². The molecule has 10 heteroatoms. The van der Waals surface area contributed by atoms with E-state index in [1.165, 1.54) is 49.9 Å². The van der Waals surface area contributed by atoms with Crippen molar-refractivity contribution >= 4 is 28.8 Å². The summed E-state index contributed by atoms with van der Waals surface area (Å²) in [5.74, 6) is 0.997. The standard InChI is InChI=1S/C36H48F3NO5S/c1-25(2)26(3)35(4,5)34(42)44-23-15-13-11-9-7-6-8-10-12-14-22-43-31-21-18-28-24-30(33(41)45-32(28)40-31)27-16-19-29(20-17-27)46-36(37,38)39/h16-21,24-26H,6-15,22-23H2,1-5H3. The van der Waals surface area contributed by atoms with Crippen molar-refractivity contribution in [3.63, 3.8) is 0 Å². The van der Waals surface area contributed by atoms with Crippen molar-refractivity contribution in [3.05, 3.63) is 52.9 Å². The van der Waals surface area contributed by atoms with Gasteiger partial charge in [-0.1, -0.05) is 84.3 Å². The number of esters is 1. The van der Waals surface area contributed by atoms with Crippen LogP contribution >= 0.6 is 11.8 Å². The van der Waals surface area contributed by atoms with Crippen molar-refractivity contribution in [1.82, 2.24) is 4.98 Å². The van der Waals surface area contributed by atoms with E-state index >= 15 is 0 Å². The molecule has 0 N–H and O–H groups in total. The van der Waals surface area contributed by atoms with Crippen LogP contribution in [0, 0.1) is 17.3 Å². The number of rotatable bonds is 19. The number of hydrogen-bond donors (Lipinski definition) is 0. The minimum absolute atomic E-state index is 0.0423. The number of benzene rings is 1. The Bertz CT molecular complexity index is 1440. The second-order valence-corrected chi connectivity index (χ2v) is 14.0. The number of unbranched alkanes of at least 4 members (excludes halogenated alkanes) is 9. The number of aromatic nitrogens is 1. The summed E-state index contributed by atoms with van der Waals surface area (Å²) in [6.07, 6.45) is 11.1. The summed E-state index contributed by atoms with van der Waals surface area (Å²) in [5.41, 5.74) is -4.58. The van der Waals surface area contributed by atoms with Crippen LogP contribution < -0.4 is 10.4 Å². The average Bonchev–Trinajstić information content (AvgIpc) is 2.99. The molecule has 1 aromatic carbocycles. The number of hydrogen-bond acceptors (Lipinski definition) is 7. The molecule has 2 heterocycles. The number of pyridine rings is 1. The summed E-state index contributed by atoms with van der Waals surface area (Å²) < 4.78 is 54.5. The summed E-state index contributed by atoms with van der Waals surface area (Å²) in [7, 11) is 0. The lowest BCUT2D eigenvalue weighted by molar-refractivity contribution is -0.158. The topological polar surface area (TPSA) is 78.6 Å². The number of carbonyl (C=O) groups is 1. The normalized spacial score (nSPS) is 12.9. The van der Waals surface area contributed by atoms with Crippen molar-refractivity contribution in [2.24, 2.45) is 17.3 Å². The van der Waals surface area contributed by atoms with Gasteiger partial charge >= 0.3 is 17.1 Å². The highest BCUT2D eigenvalue weighted by Crippen LogP contribution is 2.37. The maximum atomic E-state index is 12.6. The number of thioether (sulfide) groups is 1. The van der Waals surface area contributed by atoms with Crippen LogP contribution in [0.3, 0.4) is 0 Å². The first-order valence-electron chi connectivity index (χ1n) is 16.4. The van der Waals surface area contributed by atoms with E-state index in [0.29, 0.717) is 36.0 Å². The number of carbonyl (C=O) groups excluding carboxylic acids is 1. The molecule has 0 spiro atoms. The Balaban J connectivity index is 1.26. The van der Waals surface area contributed by atoms with E-state index in [4.69, 9.17) is 13.9 Å². The van der Waals surface area contributed by atoms with Gasteiger partial charge in [0.05, 0.1) is 24.2 Å². The second kappa shape index (κ2) is 17.8. The van der Waals surface area contributed by atoms with Crippen LogP contribution in [-0.4, -0.2) is 29.7 Å². The SMILES string of the molecule is CC(C)C(C)C(C)(C)C(=O)OCCCCCCCCCCCCOc1ccc2cc(-c3ccc(SC(F)(F)F)cc3)c(=O)oc2n1. The summed E-state index contributed by atoms with van der Waals surface area (Å²) in [6.45, 7) is 11.4. The molecule has 254 valence electrons. The molecule has 1 atom stereocenters. The van der Waals surface area contributed by atoms with Crippen LogP contribution in [0.4, 0.5) is 13.2 Å². The number of halogens is 3. The molecule has 2 aromatic heterocycles. The van der Waals surface area contributed by atoms with Gasteiger partial charge in [-0.25, -0.2) is 4.79 Å². The Morgan fingerprint density at radius 3 is 1.98 bits per heavy atom. The molecule has 1 unspecified atom stereocenters. The van der Waals surface area contributed by atoms with E-state index in [9.17, 15) is 22.8 Å². The number of alkyl halides is 3. The molecule has 0 aliphatic carbocycles. The number of fused-ring (bicyclic) bond motifs is 1. The van der Waals surface area contributed by atoms with Crippen molar-refractivity contribution in [2.45, 2.75) is 109 Å². The molecule has 0 fully saturated rings. The maximum absolute atomic E-state index is 12.6. The average molecular weight is 664 g/mol. The van der Waals surface area contributed by atoms with Crippen molar-refractivity contribution in [1.29, 1.82) is 0 Å². The third kappa shape index (κ3) is 12.0. The van der Waals surface area contributed by atoms with Crippen LogP contribution in [0.2, 0.25) is 0 Å².